The van der Waals surface area contributed by atoms with Gasteiger partial charge in [-0.15, -0.1) is 0 Å². The second-order valence-corrected chi connectivity index (χ2v) is 8.63. The van der Waals surface area contributed by atoms with Crippen molar-refractivity contribution in [3.05, 3.63) is 46.5 Å². The molecule has 3 aromatic rings. The summed E-state index contributed by atoms with van der Waals surface area (Å²) in [5.74, 6) is 1.22. The number of carbonyl (C=O) groups excluding carboxylic acids is 1. The van der Waals surface area contributed by atoms with E-state index in [2.05, 4.69) is 10.1 Å². The van der Waals surface area contributed by atoms with Gasteiger partial charge in [0.15, 0.2) is 11.4 Å². The number of aromatic nitrogens is 3. The first-order valence-corrected chi connectivity index (χ1v) is 10.8. The van der Waals surface area contributed by atoms with Crippen LogP contribution < -0.4 is 5.76 Å². The molecule has 0 bridgehead atoms. The number of nitrogens with zero attached hydrogens (tertiary/aromatic N) is 4. The average molecular weight is 426 g/mol. The molecular formula is C22H26N4O5. The minimum Gasteiger partial charge on any atom is -0.408 e. The maximum atomic E-state index is 12.9. The summed E-state index contributed by atoms with van der Waals surface area (Å²) in [7, 11) is 0. The van der Waals surface area contributed by atoms with Gasteiger partial charge in [0.05, 0.1) is 11.1 Å². The standard InChI is InChI=1S/C22H26N4O5/c1-15-23-19(24-31-15)12-16-6-11-29-22(13-16)7-9-25(10-8-22)20(27)14-26-17-4-2-3-5-18(17)30-21(26)28/h2-5,16H,6-14H2,1H3. The second kappa shape index (κ2) is 7.96. The number of aryl methyl sites for hydroxylation is 1. The molecule has 9 heteroatoms. The molecule has 1 spiro atoms. The Labute approximate surface area is 179 Å². The number of oxazole rings is 1. The van der Waals surface area contributed by atoms with Crippen molar-refractivity contribution in [2.24, 2.45) is 5.92 Å². The number of fused-ring (bicyclic) bond motifs is 1. The Kier molecular flexibility index (Phi) is 5.13. The van der Waals surface area contributed by atoms with Crippen molar-refractivity contribution in [1.29, 1.82) is 0 Å². The molecule has 4 heterocycles. The fraction of sp³-hybridized carbons (Fsp3) is 0.545. The van der Waals surface area contributed by atoms with Crippen LogP contribution in [0.5, 0.6) is 0 Å². The van der Waals surface area contributed by atoms with Crippen molar-refractivity contribution in [2.75, 3.05) is 19.7 Å². The summed E-state index contributed by atoms with van der Waals surface area (Å²) in [6.07, 6.45) is 4.30. The van der Waals surface area contributed by atoms with Crippen LogP contribution in [0.1, 0.15) is 37.4 Å². The highest BCUT2D eigenvalue weighted by atomic mass is 16.5. The number of piperidine rings is 1. The van der Waals surface area contributed by atoms with Crippen LogP contribution in [-0.4, -0.2) is 50.8 Å². The summed E-state index contributed by atoms with van der Waals surface area (Å²) < 4.78 is 18.0. The van der Waals surface area contributed by atoms with Crippen LogP contribution in [0.4, 0.5) is 0 Å². The predicted molar refractivity (Wildman–Crippen MR) is 110 cm³/mol. The van der Waals surface area contributed by atoms with Gasteiger partial charge in [-0.2, -0.15) is 4.98 Å². The molecule has 1 aromatic carbocycles. The molecule has 9 nitrogen and oxygen atoms in total. The number of carbonyl (C=O) groups is 1. The molecule has 1 amide bonds. The first-order chi connectivity index (χ1) is 15.0. The van der Waals surface area contributed by atoms with E-state index in [0.717, 1.165) is 37.9 Å². The number of hydrogen-bond acceptors (Lipinski definition) is 7. The minimum atomic E-state index is -0.502. The first-order valence-electron chi connectivity index (χ1n) is 10.8. The molecule has 1 atom stereocenters. The van der Waals surface area contributed by atoms with Gasteiger partial charge in [-0.1, -0.05) is 17.3 Å². The van der Waals surface area contributed by atoms with E-state index < -0.39 is 5.76 Å². The zero-order valence-electron chi connectivity index (χ0n) is 17.6. The molecule has 0 N–H and O–H groups in total. The van der Waals surface area contributed by atoms with Gasteiger partial charge in [0.2, 0.25) is 11.8 Å². The molecule has 2 aliphatic rings. The zero-order valence-corrected chi connectivity index (χ0v) is 17.6. The fourth-order valence-corrected chi connectivity index (χ4v) is 4.90. The minimum absolute atomic E-state index is 0.0104. The van der Waals surface area contributed by atoms with Gasteiger partial charge in [0, 0.05) is 33.0 Å². The normalized spacial score (nSPS) is 21.1. The number of ether oxygens (including phenoxy) is 1. The highest BCUT2D eigenvalue weighted by Gasteiger charge is 2.41. The van der Waals surface area contributed by atoms with Crippen molar-refractivity contribution in [3.8, 4) is 0 Å². The van der Waals surface area contributed by atoms with Crippen molar-refractivity contribution in [1.82, 2.24) is 19.6 Å². The molecule has 2 saturated heterocycles. The van der Waals surface area contributed by atoms with Gasteiger partial charge in [-0.25, -0.2) is 4.79 Å². The Bertz CT molecular complexity index is 1140. The molecule has 2 aliphatic heterocycles. The van der Waals surface area contributed by atoms with Crippen molar-refractivity contribution >= 4 is 17.0 Å². The average Bonchev–Trinajstić information content (AvgIpc) is 3.31. The Hall–Kier alpha value is -2.94. The third-order valence-electron chi connectivity index (χ3n) is 6.53. The number of rotatable bonds is 4. The van der Waals surface area contributed by atoms with E-state index in [1.54, 1.807) is 25.1 Å². The first kappa shape index (κ1) is 20.0. The second-order valence-electron chi connectivity index (χ2n) is 8.63. The van der Waals surface area contributed by atoms with Crippen LogP contribution in [0.15, 0.2) is 38.0 Å². The van der Waals surface area contributed by atoms with E-state index in [0.29, 0.717) is 42.6 Å². The smallest absolute Gasteiger partial charge is 0.408 e. The predicted octanol–water partition coefficient (Wildman–Crippen LogP) is 2.32. The SMILES string of the molecule is Cc1nc(CC2CCOC3(CCN(C(=O)Cn4c(=O)oc5ccccc54)CC3)C2)no1. The van der Waals surface area contributed by atoms with Crippen molar-refractivity contribution in [2.45, 2.75) is 51.2 Å². The van der Waals surface area contributed by atoms with Gasteiger partial charge < -0.3 is 18.6 Å². The van der Waals surface area contributed by atoms with E-state index in [1.165, 1.54) is 4.57 Å². The van der Waals surface area contributed by atoms with E-state index in [1.807, 2.05) is 11.0 Å². The third kappa shape index (κ3) is 4.01. The van der Waals surface area contributed by atoms with E-state index in [4.69, 9.17) is 13.7 Å². The van der Waals surface area contributed by atoms with Gasteiger partial charge in [-0.05, 0) is 43.7 Å². The summed E-state index contributed by atoms with van der Waals surface area (Å²) in [6.45, 7) is 3.75. The molecule has 1 unspecified atom stereocenters. The summed E-state index contributed by atoms with van der Waals surface area (Å²) >= 11 is 0. The van der Waals surface area contributed by atoms with E-state index >= 15 is 0 Å². The van der Waals surface area contributed by atoms with E-state index in [9.17, 15) is 9.59 Å². The van der Waals surface area contributed by atoms with Gasteiger partial charge >= 0.3 is 5.76 Å². The van der Waals surface area contributed by atoms with Crippen LogP contribution in [0.3, 0.4) is 0 Å². The monoisotopic (exact) mass is 426 g/mol. The van der Waals surface area contributed by atoms with Crippen molar-refractivity contribution in [3.63, 3.8) is 0 Å². The number of para-hydroxylation sites is 2. The van der Waals surface area contributed by atoms with Gasteiger partial charge in [-0.3, -0.25) is 9.36 Å². The Morgan fingerprint density at radius 2 is 2.06 bits per heavy atom. The number of amides is 1. The lowest BCUT2D eigenvalue weighted by molar-refractivity contribution is -0.147. The third-order valence-corrected chi connectivity index (χ3v) is 6.53. The molecule has 0 radical (unpaired) electrons. The summed E-state index contributed by atoms with van der Waals surface area (Å²) in [5.41, 5.74) is 0.943. The van der Waals surface area contributed by atoms with Crippen LogP contribution >= 0.6 is 0 Å². The van der Waals surface area contributed by atoms with E-state index in [-0.39, 0.29) is 18.1 Å². The molecule has 2 fully saturated rings. The largest absolute Gasteiger partial charge is 0.420 e. The number of likely N-dealkylation sites (tertiary alicyclic amines) is 1. The summed E-state index contributed by atoms with van der Waals surface area (Å²) in [6, 6.07) is 7.16. The lowest BCUT2D eigenvalue weighted by Crippen LogP contribution is -2.51. The lowest BCUT2D eigenvalue weighted by atomic mass is 9.78. The maximum Gasteiger partial charge on any atom is 0.420 e. The Morgan fingerprint density at radius 3 is 2.84 bits per heavy atom. The zero-order chi connectivity index (χ0) is 21.4. The fourth-order valence-electron chi connectivity index (χ4n) is 4.90. The molecule has 0 aliphatic carbocycles. The highest BCUT2D eigenvalue weighted by Crippen LogP contribution is 2.38. The highest BCUT2D eigenvalue weighted by molar-refractivity contribution is 5.79. The van der Waals surface area contributed by atoms with Crippen molar-refractivity contribution < 1.29 is 18.5 Å². The van der Waals surface area contributed by atoms with Crippen LogP contribution in [0.2, 0.25) is 0 Å². The van der Waals surface area contributed by atoms with Gasteiger partial charge in [0.1, 0.15) is 6.54 Å². The topological polar surface area (TPSA) is 104 Å². The van der Waals surface area contributed by atoms with Crippen LogP contribution in [0.25, 0.3) is 11.1 Å². The number of benzene rings is 1. The maximum absolute atomic E-state index is 12.9. The number of hydrogen-bond donors (Lipinski definition) is 0. The van der Waals surface area contributed by atoms with Gasteiger partial charge in [0.25, 0.3) is 0 Å². The molecule has 0 saturated carbocycles. The summed E-state index contributed by atoms with van der Waals surface area (Å²) in [4.78, 5) is 31.2. The molecular weight excluding hydrogens is 400 g/mol. The molecule has 5 rings (SSSR count). The molecule has 2 aromatic heterocycles. The van der Waals surface area contributed by atoms with Crippen LogP contribution in [-0.2, 0) is 22.5 Å². The molecule has 31 heavy (non-hydrogen) atoms. The Morgan fingerprint density at radius 1 is 1.26 bits per heavy atom. The summed E-state index contributed by atoms with van der Waals surface area (Å²) in [5, 5.41) is 4.03. The Balaban J connectivity index is 1.21. The quantitative estimate of drug-likeness (QED) is 0.631. The molecule has 164 valence electrons. The lowest BCUT2D eigenvalue weighted by Gasteiger charge is -2.46. The van der Waals surface area contributed by atoms with Crippen LogP contribution in [0, 0.1) is 12.8 Å².